The van der Waals surface area contributed by atoms with Crippen LogP contribution in [-0.2, 0) is 4.79 Å². The van der Waals surface area contributed by atoms with Crippen LogP contribution in [-0.4, -0.2) is 29.8 Å². The number of nitrogens with zero attached hydrogens (tertiary/aromatic N) is 1. The van der Waals surface area contributed by atoms with Crippen LogP contribution in [0.2, 0.25) is 10.0 Å². The summed E-state index contributed by atoms with van der Waals surface area (Å²) in [4.78, 5) is 26.6. The molecule has 2 rings (SSSR count). The van der Waals surface area contributed by atoms with Crippen LogP contribution < -0.4 is 5.32 Å². The number of anilines is 1. The van der Waals surface area contributed by atoms with Crippen LogP contribution in [0.3, 0.4) is 0 Å². The SMILES string of the molecule is CCCN(CC(=O)Nc1ccccc1C)C(=O)c1cc(Cl)cc(Cl)c1. The van der Waals surface area contributed by atoms with Gasteiger partial charge in [-0.1, -0.05) is 48.3 Å². The minimum Gasteiger partial charge on any atom is -0.329 e. The van der Waals surface area contributed by atoms with E-state index in [1.807, 2.05) is 38.1 Å². The topological polar surface area (TPSA) is 49.4 Å². The first kappa shape index (κ1) is 19.3. The van der Waals surface area contributed by atoms with Crippen LogP contribution in [0.25, 0.3) is 0 Å². The molecule has 0 radical (unpaired) electrons. The molecule has 0 aliphatic rings. The molecule has 0 saturated heterocycles. The van der Waals surface area contributed by atoms with Gasteiger partial charge in [0.15, 0.2) is 0 Å². The Labute approximate surface area is 157 Å². The van der Waals surface area contributed by atoms with Gasteiger partial charge in [0, 0.05) is 27.8 Å². The van der Waals surface area contributed by atoms with Crippen molar-refractivity contribution in [3.8, 4) is 0 Å². The lowest BCUT2D eigenvalue weighted by Crippen LogP contribution is -2.38. The Balaban J connectivity index is 2.13. The average Bonchev–Trinajstić information content (AvgIpc) is 2.55. The number of para-hydroxylation sites is 1. The zero-order valence-electron chi connectivity index (χ0n) is 14.2. The van der Waals surface area contributed by atoms with E-state index < -0.39 is 0 Å². The molecule has 0 bridgehead atoms. The van der Waals surface area contributed by atoms with Crippen LogP contribution in [0, 0.1) is 6.92 Å². The van der Waals surface area contributed by atoms with E-state index in [0.29, 0.717) is 22.2 Å². The Morgan fingerprint density at radius 2 is 1.72 bits per heavy atom. The van der Waals surface area contributed by atoms with E-state index >= 15 is 0 Å². The second-order valence-corrected chi connectivity index (χ2v) is 6.62. The van der Waals surface area contributed by atoms with Gasteiger partial charge in [-0.25, -0.2) is 0 Å². The Bertz CT molecular complexity index is 758. The van der Waals surface area contributed by atoms with Gasteiger partial charge in [0.2, 0.25) is 5.91 Å². The van der Waals surface area contributed by atoms with E-state index in [4.69, 9.17) is 23.2 Å². The second kappa shape index (κ2) is 8.88. The summed E-state index contributed by atoms with van der Waals surface area (Å²) < 4.78 is 0. The highest BCUT2D eigenvalue weighted by Gasteiger charge is 2.19. The highest BCUT2D eigenvalue weighted by atomic mass is 35.5. The monoisotopic (exact) mass is 378 g/mol. The quantitative estimate of drug-likeness (QED) is 0.784. The van der Waals surface area contributed by atoms with Crippen molar-refractivity contribution in [2.75, 3.05) is 18.4 Å². The number of rotatable bonds is 6. The number of nitrogens with one attached hydrogen (secondary N) is 1. The molecule has 0 atom stereocenters. The molecular weight excluding hydrogens is 359 g/mol. The van der Waals surface area contributed by atoms with Gasteiger partial charge in [-0.05, 0) is 43.2 Å². The summed E-state index contributed by atoms with van der Waals surface area (Å²) in [6.07, 6.45) is 0.734. The van der Waals surface area contributed by atoms with Crippen molar-refractivity contribution in [2.24, 2.45) is 0 Å². The lowest BCUT2D eigenvalue weighted by molar-refractivity contribution is -0.116. The van der Waals surface area contributed by atoms with Gasteiger partial charge in [0.25, 0.3) is 5.91 Å². The molecule has 0 saturated carbocycles. The summed E-state index contributed by atoms with van der Waals surface area (Å²) in [5.41, 5.74) is 2.07. The third-order valence-electron chi connectivity index (χ3n) is 3.64. The zero-order valence-corrected chi connectivity index (χ0v) is 15.7. The average molecular weight is 379 g/mol. The lowest BCUT2D eigenvalue weighted by Gasteiger charge is -2.22. The number of carbonyl (C=O) groups excluding carboxylic acids is 2. The van der Waals surface area contributed by atoms with Crippen LogP contribution in [0.5, 0.6) is 0 Å². The first-order chi connectivity index (χ1) is 11.9. The standard InChI is InChI=1S/C19H20Cl2N2O2/c1-3-8-23(19(25)14-9-15(20)11-16(21)10-14)12-18(24)22-17-7-5-4-6-13(17)2/h4-7,9-11H,3,8,12H2,1-2H3,(H,22,24). The highest BCUT2D eigenvalue weighted by molar-refractivity contribution is 6.35. The molecule has 0 aromatic heterocycles. The normalized spacial score (nSPS) is 10.4. The van der Waals surface area contributed by atoms with Crippen LogP contribution >= 0.6 is 23.2 Å². The zero-order chi connectivity index (χ0) is 18.4. The third-order valence-corrected chi connectivity index (χ3v) is 4.08. The van der Waals surface area contributed by atoms with Crippen molar-refractivity contribution in [2.45, 2.75) is 20.3 Å². The van der Waals surface area contributed by atoms with E-state index in [1.165, 1.54) is 4.90 Å². The summed E-state index contributed by atoms with van der Waals surface area (Å²) in [5.74, 6) is -0.518. The van der Waals surface area contributed by atoms with E-state index in [9.17, 15) is 9.59 Å². The molecule has 2 aromatic carbocycles. The van der Waals surface area contributed by atoms with Crippen LogP contribution in [0.4, 0.5) is 5.69 Å². The summed E-state index contributed by atoms with van der Waals surface area (Å²) in [7, 11) is 0. The molecule has 0 heterocycles. The molecule has 6 heteroatoms. The summed E-state index contributed by atoms with van der Waals surface area (Å²) in [6, 6.07) is 12.2. The first-order valence-corrected chi connectivity index (χ1v) is 8.77. The Morgan fingerprint density at radius 3 is 2.32 bits per heavy atom. The minimum atomic E-state index is -0.272. The largest absolute Gasteiger partial charge is 0.329 e. The molecule has 0 aliphatic heterocycles. The fourth-order valence-corrected chi connectivity index (χ4v) is 2.98. The van der Waals surface area contributed by atoms with Gasteiger partial charge in [-0.3, -0.25) is 9.59 Å². The number of amides is 2. The molecular formula is C19H20Cl2N2O2. The molecule has 0 fully saturated rings. The molecule has 1 N–H and O–H groups in total. The smallest absolute Gasteiger partial charge is 0.254 e. The third kappa shape index (κ3) is 5.48. The molecule has 0 unspecified atom stereocenters. The lowest BCUT2D eigenvalue weighted by atomic mass is 10.2. The van der Waals surface area contributed by atoms with E-state index in [-0.39, 0.29) is 18.4 Å². The Morgan fingerprint density at radius 1 is 1.08 bits per heavy atom. The van der Waals surface area contributed by atoms with Crippen LogP contribution in [0.1, 0.15) is 29.3 Å². The number of hydrogen-bond donors (Lipinski definition) is 1. The maximum atomic E-state index is 12.7. The van der Waals surface area contributed by atoms with Gasteiger partial charge < -0.3 is 10.2 Å². The molecule has 2 aromatic rings. The Kier molecular flexibility index (Phi) is 6.85. The van der Waals surface area contributed by atoms with Gasteiger partial charge >= 0.3 is 0 Å². The number of benzene rings is 2. The summed E-state index contributed by atoms with van der Waals surface area (Å²) >= 11 is 11.9. The molecule has 2 amide bonds. The van der Waals surface area contributed by atoms with E-state index in [2.05, 4.69) is 5.32 Å². The molecule has 0 spiro atoms. The van der Waals surface area contributed by atoms with Crippen molar-refractivity contribution < 1.29 is 9.59 Å². The number of hydrogen-bond acceptors (Lipinski definition) is 2. The highest BCUT2D eigenvalue weighted by Crippen LogP contribution is 2.20. The molecule has 132 valence electrons. The second-order valence-electron chi connectivity index (χ2n) is 5.75. The number of aryl methyl sites for hydroxylation is 1. The van der Waals surface area contributed by atoms with E-state index in [0.717, 1.165) is 17.7 Å². The fourth-order valence-electron chi connectivity index (χ4n) is 2.46. The van der Waals surface area contributed by atoms with Crippen LogP contribution in [0.15, 0.2) is 42.5 Å². The maximum Gasteiger partial charge on any atom is 0.254 e. The van der Waals surface area contributed by atoms with Gasteiger partial charge in [0.05, 0.1) is 0 Å². The summed E-state index contributed by atoms with van der Waals surface area (Å²) in [5, 5.41) is 3.61. The van der Waals surface area contributed by atoms with Crippen molar-refractivity contribution >= 4 is 40.7 Å². The van der Waals surface area contributed by atoms with Gasteiger partial charge in [-0.15, -0.1) is 0 Å². The van der Waals surface area contributed by atoms with Gasteiger partial charge in [0.1, 0.15) is 6.54 Å². The van der Waals surface area contributed by atoms with Crippen molar-refractivity contribution in [1.29, 1.82) is 0 Å². The minimum absolute atomic E-state index is 0.0366. The molecule has 4 nitrogen and oxygen atoms in total. The Hall–Kier alpha value is -2.04. The van der Waals surface area contributed by atoms with Crippen molar-refractivity contribution in [3.63, 3.8) is 0 Å². The van der Waals surface area contributed by atoms with E-state index in [1.54, 1.807) is 18.2 Å². The first-order valence-electron chi connectivity index (χ1n) is 8.01. The number of halogens is 2. The van der Waals surface area contributed by atoms with Gasteiger partial charge in [-0.2, -0.15) is 0 Å². The maximum absolute atomic E-state index is 12.7. The fraction of sp³-hybridized carbons (Fsp3) is 0.263. The summed E-state index contributed by atoms with van der Waals surface area (Å²) in [6.45, 7) is 4.29. The number of carbonyl (C=O) groups is 2. The van der Waals surface area contributed by atoms with Crippen molar-refractivity contribution in [3.05, 3.63) is 63.6 Å². The predicted octanol–water partition coefficient (Wildman–Crippen LogP) is 4.79. The predicted molar refractivity (Wildman–Crippen MR) is 102 cm³/mol. The van der Waals surface area contributed by atoms with Crippen molar-refractivity contribution in [1.82, 2.24) is 4.90 Å². The molecule has 25 heavy (non-hydrogen) atoms. The molecule has 0 aliphatic carbocycles.